The first-order valence-electron chi connectivity index (χ1n) is 7.00. The Kier molecular flexibility index (Phi) is 4.32. The minimum Gasteiger partial charge on any atom is -0.453 e. The molecule has 0 aliphatic heterocycles. The fourth-order valence-electron chi connectivity index (χ4n) is 2.26. The van der Waals surface area contributed by atoms with Crippen molar-refractivity contribution in [1.82, 2.24) is 15.1 Å². The molecule has 2 rings (SSSR count). The highest BCUT2D eigenvalue weighted by atomic mass is 19.1. The van der Waals surface area contributed by atoms with E-state index in [1.165, 1.54) is 6.07 Å². The SMILES string of the molecule is CNC(C)c1cc(F)c(C)cc1Oc1c(C)nn(C)c1C. The number of hydrogen-bond acceptors (Lipinski definition) is 3. The summed E-state index contributed by atoms with van der Waals surface area (Å²) in [5.74, 6) is 1.17. The molecule has 4 nitrogen and oxygen atoms in total. The Hall–Kier alpha value is -1.88. The van der Waals surface area contributed by atoms with Gasteiger partial charge in [-0.25, -0.2) is 4.39 Å². The number of nitrogens with zero attached hydrogens (tertiary/aromatic N) is 2. The van der Waals surface area contributed by atoms with Crippen LogP contribution in [0.4, 0.5) is 4.39 Å². The molecule has 0 saturated heterocycles. The maximum Gasteiger partial charge on any atom is 0.171 e. The maximum atomic E-state index is 13.9. The molecule has 5 heteroatoms. The number of halogens is 1. The largest absolute Gasteiger partial charge is 0.453 e. The van der Waals surface area contributed by atoms with Gasteiger partial charge in [0.05, 0.1) is 5.69 Å². The zero-order chi connectivity index (χ0) is 15.7. The van der Waals surface area contributed by atoms with E-state index in [2.05, 4.69) is 10.4 Å². The zero-order valence-electron chi connectivity index (χ0n) is 13.4. The van der Waals surface area contributed by atoms with Crippen LogP contribution >= 0.6 is 0 Å². The molecule has 0 amide bonds. The van der Waals surface area contributed by atoms with Crippen LogP contribution in [0.3, 0.4) is 0 Å². The number of aryl methyl sites for hydroxylation is 3. The highest BCUT2D eigenvalue weighted by molar-refractivity contribution is 5.44. The molecule has 1 N–H and O–H groups in total. The summed E-state index contributed by atoms with van der Waals surface area (Å²) in [7, 11) is 3.72. The van der Waals surface area contributed by atoms with E-state index in [0.29, 0.717) is 11.3 Å². The van der Waals surface area contributed by atoms with Crippen molar-refractivity contribution in [2.75, 3.05) is 7.05 Å². The molecule has 0 spiro atoms. The highest BCUT2D eigenvalue weighted by Gasteiger charge is 2.18. The number of aromatic nitrogens is 2. The first-order chi connectivity index (χ1) is 9.85. The van der Waals surface area contributed by atoms with E-state index >= 15 is 0 Å². The Morgan fingerprint density at radius 2 is 1.95 bits per heavy atom. The molecule has 1 aromatic heterocycles. The fourth-order valence-corrected chi connectivity index (χ4v) is 2.26. The molecular weight excluding hydrogens is 269 g/mol. The van der Waals surface area contributed by atoms with Crippen molar-refractivity contribution in [3.63, 3.8) is 0 Å². The summed E-state index contributed by atoms with van der Waals surface area (Å²) >= 11 is 0. The average Bonchev–Trinajstić information content (AvgIpc) is 2.68. The monoisotopic (exact) mass is 291 g/mol. The third-order valence-electron chi connectivity index (χ3n) is 3.85. The molecule has 0 bridgehead atoms. The summed E-state index contributed by atoms with van der Waals surface area (Å²) in [5, 5.41) is 7.46. The predicted molar refractivity (Wildman–Crippen MR) is 81.4 cm³/mol. The topological polar surface area (TPSA) is 39.1 Å². The Morgan fingerprint density at radius 1 is 1.29 bits per heavy atom. The van der Waals surface area contributed by atoms with Gasteiger partial charge in [0.25, 0.3) is 0 Å². The third kappa shape index (κ3) is 2.93. The van der Waals surface area contributed by atoms with E-state index < -0.39 is 0 Å². The van der Waals surface area contributed by atoms with Crippen LogP contribution in [0.1, 0.15) is 35.5 Å². The molecule has 0 fully saturated rings. The van der Waals surface area contributed by atoms with Crippen LogP contribution in [0.5, 0.6) is 11.5 Å². The molecule has 1 aromatic carbocycles. The molecule has 0 aliphatic carbocycles. The molecule has 21 heavy (non-hydrogen) atoms. The first kappa shape index (κ1) is 15.5. The molecule has 1 unspecified atom stereocenters. The molecule has 1 heterocycles. The predicted octanol–water partition coefficient (Wildman–Crippen LogP) is 3.56. The van der Waals surface area contributed by atoms with E-state index in [4.69, 9.17) is 4.74 Å². The van der Waals surface area contributed by atoms with Gasteiger partial charge < -0.3 is 10.1 Å². The van der Waals surface area contributed by atoms with Crippen molar-refractivity contribution in [2.45, 2.75) is 33.7 Å². The summed E-state index contributed by atoms with van der Waals surface area (Å²) in [5.41, 5.74) is 3.12. The van der Waals surface area contributed by atoms with E-state index in [9.17, 15) is 4.39 Å². The Bertz CT molecular complexity index is 664. The van der Waals surface area contributed by atoms with Crippen molar-refractivity contribution in [1.29, 1.82) is 0 Å². The van der Waals surface area contributed by atoms with Gasteiger partial charge in [0.1, 0.15) is 17.3 Å². The van der Waals surface area contributed by atoms with Crippen molar-refractivity contribution in [3.8, 4) is 11.5 Å². The molecular formula is C16H22FN3O. The summed E-state index contributed by atoms with van der Waals surface area (Å²) in [6, 6.07) is 3.27. The Balaban J connectivity index is 2.50. The Labute approximate surface area is 124 Å². The van der Waals surface area contributed by atoms with Crippen LogP contribution < -0.4 is 10.1 Å². The van der Waals surface area contributed by atoms with Crippen molar-refractivity contribution >= 4 is 0 Å². The average molecular weight is 291 g/mol. The lowest BCUT2D eigenvalue weighted by molar-refractivity contribution is 0.455. The fraction of sp³-hybridized carbons (Fsp3) is 0.438. The second-order valence-corrected chi connectivity index (χ2v) is 5.38. The number of nitrogens with one attached hydrogen (secondary N) is 1. The van der Waals surface area contributed by atoms with Crippen LogP contribution in [0.2, 0.25) is 0 Å². The molecule has 2 aromatic rings. The third-order valence-corrected chi connectivity index (χ3v) is 3.85. The lowest BCUT2D eigenvalue weighted by Crippen LogP contribution is -2.14. The smallest absolute Gasteiger partial charge is 0.171 e. The van der Waals surface area contributed by atoms with Crippen molar-refractivity contribution < 1.29 is 9.13 Å². The number of hydrogen-bond donors (Lipinski definition) is 1. The van der Waals surface area contributed by atoms with E-state index in [1.807, 2.05) is 34.9 Å². The number of rotatable bonds is 4. The summed E-state index contributed by atoms with van der Waals surface area (Å²) in [6.45, 7) is 7.56. The van der Waals surface area contributed by atoms with E-state index in [-0.39, 0.29) is 11.9 Å². The first-order valence-corrected chi connectivity index (χ1v) is 7.00. The van der Waals surface area contributed by atoms with Gasteiger partial charge in [-0.2, -0.15) is 5.10 Å². The van der Waals surface area contributed by atoms with Crippen LogP contribution in [-0.4, -0.2) is 16.8 Å². The Morgan fingerprint density at radius 3 is 2.48 bits per heavy atom. The minimum atomic E-state index is -0.223. The molecule has 0 aliphatic rings. The van der Waals surface area contributed by atoms with Gasteiger partial charge in [-0.3, -0.25) is 4.68 Å². The minimum absolute atomic E-state index is 0.00705. The van der Waals surface area contributed by atoms with E-state index in [0.717, 1.165) is 22.7 Å². The lowest BCUT2D eigenvalue weighted by Gasteiger charge is -2.17. The standard InChI is InChI=1S/C16H22FN3O/c1-9-7-15(13(8-14(9)17)10(2)18-5)21-16-11(3)19-20(6)12(16)4/h7-8,10,18H,1-6H3. The number of benzene rings is 1. The van der Waals surface area contributed by atoms with Gasteiger partial charge in [0, 0.05) is 18.7 Å². The van der Waals surface area contributed by atoms with Crippen molar-refractivity contribution in [3.05, 3.63) is 40.5 Å². The second kappa shape index (κ2) is 5.85. The molecule has 0 saturated carbocycles. The molecule has 114 valence electrons. The summed E-state index contributed by atoms with van der Waals surface area (Å²) in [6.07, 6.45) is 0. The van der Waals surface area contributed by atoms with Crippen molar-refractivity contribution in [2.24, 2.45) is 7.05 Å². The van der Waals surface area contributed by atoms with Gasteiger partial charge in [0.2, 0.25) is 0 Å². The van der Waals surface area contributed by atoms with Gasteiger partial charge in [-0.05, 0) is 52.4 Å². The maximum absolute atomic E-state index is 13.9. The summed E-state index contributed by atoms with van der Waals surface area (Å²) < 4.78 is 21.7. The van der Waals surface area contributed by atoms with Gasteiger partial charge in [-0.1, -0.05) is 0 Å². The van der Waals surface area contributed by atoms with Gasteiger partial charge in [-0.15, -0.1) is 0 Å². The van der Waals surface area contributed by atoms with Crippen LogP contribution in [0.15, 0.2) is 12.1 Å². The lowest BCUT2D eigenvalue weighted by atomic mass is 10.0. The molecule has 1 atom stereocenters. The second-order valence-electron chi connectivity index (χ2n) is 5.38. The molecule has 0 radical (unpaired) electrons. The zero-order valence-corrected chi connectivity index (χ0v) is 13.4. The van der Waals surface area contributed by atoms with Crippen LogP contribution in [-0.2, 0) is 7.05 Å². The van der Waals surface area contributed by atoms with Gasteiger partial charge in [0.15, 0.2) is 5.75 Å². The van der Waals surface area contributed by atoms with Gasteiger partial charge >= 0.3 is 0 Å². The van der Waals surface area contributed by atoms with Crippen LogP contribution in [0.25, 0.3) is 0 Å². The normalized spacial score (nSPS) is 12.5. The highest BCUT2D eigenvalue weighted by Crippen LogP contribution is 2.34. The summed E-state index contributed by atoms with van der Waals surface area (Å²) in [4.78, 5) is 0. The quantitative estimate of drug-likeness (QED) is 0.936. The van der Waals surface area contributed by atoms with Crippen LogP contribution in [0, 0.1) is 26.6 Å². The van der Waals surface area contributed by atoms with E-state index in [1.54, 1.807) is 17.7 Å². The number of ether oxygens (including phenoxy) is 1.